The van der Waals surface area contributed by atoms with Gasteiger partial charge in [-0.25, -0.2) is 8.42 Å². The summed E-state index contributed by atoms with van der Waals surface area (Å²) in [5.74, 6) is 0.777. The van der Waals surface area contributed by atoms with E-state index >= 15 is 0 Å². The number of nitrogens with zero attached hydrogens (tertiary/aromatic N) is 1. The molecule has 6 nitrogen and oxygen atoms in total. The molecule has 1 saturated carbocycles. The molecule has 5 rings (SSSR count). The highest BCUT2D eigenvalue weighted by atomic mass is 32.2. The Morgan fingerprint density at radius 2 is 1.61 bits per heavy atom. The van der Waals surface area contributed by atoms with Crippen LogP contribution in [0.3, 0.4) is 0 Å². The van der Waals surface area contributed by atoms with E-state index in [0.717, 1.165) is 52.5 Å². The molecule has 36 heavy (non-hydrogen) atoms. The van der Waals surface area contributed by atoms with Crippen molar-refractivity contribution in [2.45, 2.75) is 63.6 Å². The number of benzene rings is 3. The van der Waals surface area contributed by atoms with E-state index in [-0.39, 0.29) is 11.7 Å². The summed E-state index contributed by atoms with van der Waals surface area (Å²) in [5.41, 5.74) is 3.65. The molecule has 0 atom stereocenters. The number of amides is 1. The van der Waals surface area contributed by atoms with Crippen molar-refractivity contribution in [3.05, 3.63) is 71.8 Å². The molecule has 1 N–H and O–H groups in total. The second kappa shape index (κ2) is 9.97. The molecule has 0 bridgehead atoms. The summed E-state index contributed by atoms with van der Waals surface area (Å²) in [6.07, 6.45) is 4.96. The first-order chi connectivity index (χ1) is 17.4. The molecular formula is C29H32N2O4S. The van der Waals surface area contributed by atoms with Crippen molar-refractivity contribution in [3.8, 4) is 5.75 Å². The SMILES string of the molecule is CCn1c2ccc(OC3CCCC3)cc2c2cc(C(=O)NCc3ccc(S(=O)(=O)CC)cc3)ccc21. The smallest absolute Gasteiger partial charge is 0.251 e. The molecule has 0 radical (unpaired) electrons. The lowest BCUT2D eigenvalue weighted by atomic mass is 10.1. The Kier molecular flexibility index (Phi) is 6.75. The molecule has 0 aliphatic heterocycles. The van der Waals surface area contributed by atoms with Crippen molar-refractivity contribution in [1.29, 1.82) is 0 Å². The van der Waals surface area contributed by atoms with Gasteiger partial charge in [0.15, 0.2) is 9.84 Å². The topological polar surface area (TPSA) is 77.4 Å². The molecule has 0 spiro atoms. The zero-order chi connectivity index (χ0) is 25.3. The second-order valence-electron chi connectivity index (χ2n) is 9.41. The summed E-state index contributed by atoms with van der Waals surface area (Å²) in [7, 11) is -3.24. The van der Waals surface area contributed by atoms with E-state index in [9.17, 15) is 13.2 Å². The van der Waals surface area contributed by atoms with Gasteiger partial charge in [-0.1, -0.05) is 19.1 Å². The lowest BCUT2D eigenvalue weighted by Gasteiger charge is -2.13. The first-order valence-corrected chi connectivity index (χ1v) is 14.4. The fourth-order valence-electron chi connectivity index (χ4n) is 5.10. The molecule has 1 aliphatic carbocycles. The average Bonchev–Trinajstić information content (AvgIpc) is 3.52. The molecule has 188 valence electrons. The standard InChI is InChI=1S/C29H32N2O4S/c1-3-31-27-15-11-21(29(32)30-19-20-9-13-24(14-10-20)36(33,34)4-2)17-25(27)26-18-23(12-16-28(26)31)35-22-7-5-6-8-22/h9-18,22H,3-8,19H2,1-2H3,(H,30,32). The largest absolute Gasteiger partial charge is 0.490 e. The predicted octanol–water partition coefficient (Wildman–Crippen LogP) is 5.86. The molecule has 1 heterocycles. The van der Waals surface area contributed by atoms with Crippen LogP contribution in [0.5, 0.6) is 5.75 Å². The van der Waals surface area contributed by atoms with Crippen LogP contribution in [-0.2, 0) is 22.9 Å². The molecule has 1 aromatic heterocycles. The van der Waals surface area contributed by atoms with E-state index in [2.05, 4.69) is 35.0 Å². The molecule has 0 saturated heterocycles. The summed E-state index contributed by atoms with van der Waals surface area (Å²) in [6, 6.07) is 18.8. The molecule has 4 aromatic rings. The minimum absolute atomic E-state index is 0.0637. The van der Waals surface area contributed by atoms with Gasteiger partial charge in [0.25, 0.3) is 5.91 Å². The van der Waals surface area contributed by atoms with Gasteiger partial charge < -0.3 is 14.6 Å². The van der Waals surface area contributed by atoms with Crippen molar-refractivity contribution in [2.75, 3.05) is 5.75 Å². The van der Waals surface area contributed by atoms with Crippen LogP contribution in [0.1, 0.15) is 55.5 Å². The Balaban J connectivity index is 1.39. The number of nitrogens with one attached hydrogen (secondary N) is 1. The maximum Gasteiger partial charge on any atom is 0.251 e. The Bertz CT molecular complexity index is 1510. The fraction of sp³-hybridized carbons (Fsp3) is 0.345. The zero-order valence-electron chi connectivity index (χ0n) is 20.8. The molecular weight excluding hydrogens is 472 g/mol. The van der Waals surface area contributed by atoms with Crippen LogP contribution in [0, 0.1) is 0 Å². The lowest BCUT2D eigenvalue weighted by molar-refractivity contribution is 0.0951. The van der Waals surface area contributed by atoms with Gasteiger partial charge in [-0.2, -0.15) is 0 Å². The fourth-order valence-corrected chi connectivity index (χ4v) is 5.99. The van der Waals surface area contributed by atoms with E-state index in [4.69, 9.17) is 4.74 Å². The molecule has 1 fully saturated rings. The van der Waals surface area contributed by atoms with E-state index in [1.165, 1.54) is 12.8 Å². The number of sulfone groups is 1. The first kappa shape index (κ1) is 24.4. The van der Waals surface area contributed by atoms with Gasteiger partial charge in [-0.15, -0.1) is 0 Å². The van der Waals surface area contributed by atoms with Crippen molar-refractivity contribution >= 4 is 37.6 Å². The van der Waals surface area contributed by atoms with Crippen LogP contribution in [0.25, 0.3) is 21.8 Å². The molecule has 3 aromatic carbocycles. The second-order valence-corrected chi connectivity index (χ2v) is 11.7. The average molecular weight is 505 g/mol. The number of rotatable bonds is 8. The predicted molar refractivity (Wildman–Crippen MR) is 143 cm³/mol. The van der Waals surface area contributed by atoms with Crippen LogP contribution in [0.15, 0.2) is 65.6 Å². The van der Waals surface area contributed by atoms with Crippen molar-refractivity contribution in [3.63, 3.8) is 0 Å². The summed E-state index contributed by atoms with van der Waals surface area (Å²) in [4.78, 5) is 13.3. The number of carbonyl (C=O) groups is 1. The summed E-state index contributed by atoms with van der Waals surface area (Å²) >= 11 is 0. The summed E-state index contributed by atoms with van der Waals surface area (Å²) in [5, 5.41) is 5.08. The van der Waals surface area contributed by atoms with Gasteiger partial charge in [0.05, 0.1) is 16.8 Å². The molecule has 1 amide bonds. The quantitative estimate of drug-likeness (QED) is 0.326. The Labute approximate surface area is 212 Å². The lowest BCUT2D eigenvalue weighted by Crippen LogP contribution is -2.22. The molecule has 1 aliphatic rings. The number of aromatic nitrogens is 1. The van der Waals surface area contributed by atoms with E-state index in [1.807, 2.05) is 18.2 Å². The van der Waals surface area contributed by atoms with Crippen LogP contribution in [0.4, 0.5) is 0 Å². The highest BCUT2D eigenvalue weighted by Gasteiger charge is 2.18. The van der Waals surface area contributed by atoms with Crippen molar-refractivity contribution in [1.82, 2.24) is 9.88 Å². The van der Waals surface area contributed by atoms with Crippen LogP contribution >= 0.6 is 0 Å². The van der Waals surface area contributed by atoms with Gasteiger partial charge in [0.1, 0.15) is 5.75 Å². The normalized spacial score (nSPS) is 14.5. The van der Waals surface area contributed by atoms with Crippen LogP contribution in [-0.4, -0.2) is 30.7 Å². The number of hydrogen-bond acceptors (Lipinski definition) is 4. The number of aryl methyl sites for hydroxylation is 1. The number of ether oxygens (including phenoxy) is 1. The monoisotopic (exact) mass is 504 g/mol. The Morgan fingerprint density at radius 3 is 2.28 bits per heavy atom. The van der Waals surface area contributed by atoms with Gasteiger partial charge >= 0.3 is 0 Å². The van der Waals surface area contributed by atoms with E-state index < -0.39 is 9.84 Å². The van der Waals surface area contributed by atoms with Gasteiger partial charge in [-0.05, 0) is 86.7 Å². The van der Waals surface area contributed by atoms with Gasteiger partial charge in [-0.3, -0.25) is 4.79 Å². The number of hydrogen-bond donors (Lipinski definition) is 1. The van der Waals surface area contributed by atoms with Crippen molar-refractivity contribution in [2.24, 2.45) is 0 Å². The molecule has 7 heteroatoms. The number of carbonyl (C=O) groups excluding carboxylic acids is 1. The maximum atomic E-state index is 13.0. The zero-order valence-corrected chi connectivity index (χ0v) is 21.6. The van der Waals surface area contributed by atoms with Crippen LogP contribution < -0.4 is 10.1 Å². The third-order valence-electron chi connectivity index (χ3n) is 7.14. The Hall–Kier alpha value is -3.32. The summed E-state index contributed by atoms with van der Waals surface area (Å²) < 4.78 is 32.5. The van der Waals surface area contributed by atoms with Gasteiger partial charge in [0.2, 0.25) is 0 Å². The first-order valence-electron chi connectivity index (χ1n) is 12.7. The highest BCUT2D eigenvalue weighted by Crippen LogP contribution is 2.34. The Morgan fingerprint density at radius 1 is 0.944 bits per heavy atom. The third-order valence-corrected chi connectivity index (χ3v) is 8.89. The number of fused-ring (bicyclic) bond motifs is 3. The minimum Gasteiger partial charge on any atom is -0.490 e. The van der Waals surface area contributed by atoms with Crippen LogP contribution in [0.2, 0.25) is 0 Å². The van der Waals surface area contributed by atoms with Gasteiger partial charge in [0, 0.05) is 40.5 Å². The summed E-state index contributed by atoms with van der Waals surface area (Å²) in [6.45, 7) is 4.90. The highest BCUT2D eigenvalue weighted by molar-refractivity contribution is 7.91. The van der Waals surface area contributed by atoms with Crippen molar-refractivity contribution < 1.29 is 17.9 Å². The molecule has 0 unspecified atom stereocenters. The minimum atomic E-state index is -3.24. The third kappa shape index (κ3) is 4.72. The maximum absolute atomic E-state index is 13.0. The van der Waals surface area contributed by atoms with E-state index in [0.29, 0.717) is 23.1 Å². The van der Waals surface area contributed by atoms with E-state index in [1.54, 1.807) is 31.2 Å².